The number of benzene rings is 2. The van der Waals surface area contributed by atoms with Crippen LogP contribution in [0.15, 0.2) is 48.7 Å². The molecule has 5 aliphatic rings. The minimum atomic E-state index is -1.10. The number of nitriles is 1. The first-order valence-corrected chi connectivity index (χ1v) is 21.1. The van der Waals surface area contributed by atoms with Crippen molar-refractivity contribution < 1.29 is 33.1 Å². The molecule has 1 unspecified atom stereocenters. The van der Waals surface area contributed by atoms with Crippen molar-refractivity contribution in [2.24, 2.45) is 13.0 Å². The third-order valence-corrected chi connectivity index (χ3v) is 13.0. The lowest BCUT2D eigenvalue weighted by molar-refractivity contribution is -0.136. The Morgan fingerprint density at radius 1 is 0.885 bits per heavy atom. The molecule has 4 aliphatic heterocycles. The molecular weight excluding hydrogens is 784 g/mol. The molecule has 2 aromatic heterocycles. The molecule has 1 saturated carbocycles. The Morgan fingerprint density at radius 2 is 1.62 bits per heavy atom. The van der Waals surface area contributed by atoms with Crippen LogP contribution in [0.25, 0.3) is 10.9 Å². The third kappa shape index (κ3) is 7.87. The van der Waals surface area contributed by atoms with Gasteiger partial charge < -0.3 is 24.4 Å². The summed E-state index contributed by atoms with van der Waals surface area (Å²) in [5.41, 5.74) is 2.02. The van der Waals surface area contributed by atoms with Crippen molar-refractivity contribution in [2.45, 2.75) is 69.6 Å². The van der Waals surface area contributed by atoms with E-state index in [2.05, 4.69) is 36.7 Å². The fraction of sp³-hybridized carbons (Fsp3) is 0.455. The Bertz CT molecular complexity index is 2440. The normalized spacial score (nSPS) is 22.6. The molecule has 0 bridgehead atoms. The molecule has 61 heavy (non-hydrogen) atoms. The van der Waals surface area contributed by atoms with Gasteiger partial charge in [-0.25, -0.2) is 4.39 Å². The van der Waals surface area contributed by atoms with E-state index in [1.54, 1.807) is 12.1 Å². The van der Waals surface area contributed by atoms with E-state index in [1.807, 2.05) is 40.9 Å². The molecule has 316 valence electrons. The van der Waals surface area contributed by atoms with Crippen LogP contribution in [0.3, 0.4) is 0 Å². The van der Waals surface area contributed by atoms with Gasteiger partial charge in [-0.15, -0.1) is 10.2 Å². The van der Waals surface area contributed by atoms with Crippen LogP contribution in [0.2, 0.25) is 0 Å². The topological polar surface area (TPSA) is 186 Å². The Labute approximate surface area is 351 Å². The van der Waals surface area contributed by atoms with E-state index in [9.17, 15) is 29.2 Å². The maximum Gasteiger partial charge on any atom is 0.272 e. The van der Waals surface area contributed by atoms with Gasteiger partial charge >= 0.3 is 0 Å². The number of aromatic nitrogens is 3. The first-order valence-electron chi connectivity index (χ1n) is 21.1. The van der Waals surface area contributed by atoms with Crippen molar-refractivity contribution in [3.8, 4) is 11.8 Å². The predicted octanol–water partition coefficient (Wildman–Crippen LogP) is 3.54. The number of imide groups is 2. The van der Waals surface area contributed by atoms with E-state index in [0.29, 0.717) is 37.7 Å². The highest BCUT2D eigenvalue weighted by molar-refractivity contribution is 6.23. The summed E-state index contributed by atoms with van der Waals surface area (Å²) in [7, 11) is 1.92. The molecule has 17 heteroatoms. The van der Waals surface area contributed by atoms with Crippen LogP contribution in [0.5, 0.6) is 5.75 Å². The first kappa shape index (κ1) is 40.0. The molecule has 2 aromatic carbocycles. The van der Waals surface area contributed by atoms with Gasteiger partial charge in [-0.05, 0) is 93.3 Å². The zero-order valence-electron chi connectivity index (χ0n) is 33.9. The van der Waals surface area contributed by atoms with Crippen molar-refractivity contribution in [3.63, 3.8) is 0 Å². The molecule has 0 spiro atoms. The zero-order valence-corrected chi connectivity index (χ0v) is 33.9. The molecule has 9 rings (SSSR count). The summed E-state index contributed by atoms with van der Waals surface area (Å²) in [6.45, 7) is 5.08. The summed E-state index contributed by atoms with van der Waals surface area (Å²) in [5, 5.41) is 24.5. The third-order valence-electron chi connectivity index (χ3n) is 13.0. The minimum Gasteiger partial charge on any atom is -0.490 e. The molecule has 16 nitrogen and oxygen atoms in total. The largest absolute Gasteiger partial charge is 0.490 e. The van der Waals surface area contributed by atoms with Crippen LogP contribution < -0.4 is 25.2 Å². The second-order valence-corrected chi connectivity index (χ2v) is 16.8. The fourth-order valence-corrected chi connectivity index (χ4v) is 9.57. The number of ether oxygens (including phenoxy) is 1. The Kier molecular flexibility index (Phi) is 10.9. The first-order chi connectivity index (χ1) is 29.5. The van der Waals surface area contributed by atoms with Gasteiger partial charge in [0.2, 0.25) is 11.8 Å². The van der Waals surface area contributed by atoms with E-state index < -0.39 is 35.5 Å². The Morgan fingerprint density at radius 3 is 2.31 bits per heavy atom. The SMILES string of the molecule is Cn1ccc2c(OC3CCC(NC(=O)c4ccc(N5CCC(CN6CCN(c7cc8c(cc7F)C(=O)N(C7CCC(=O)NC7=O)C8=O)CC6)CC5)nn4)CC3)ccc(C#N)c21. The summed E-state index contributed by atoms with van der Waals surface area (Å²) < 4.78 is 23.8. The highest BCUT2D eigenvalue weighted by atomic mass is 19.1. The van der Waals surface area contributed by atoms with Gasteiger partial charge in [0, 0.05) is 76.9 Å². The average molecular weight is 831 g/mol. The van der Waals surface area contributed by atoms with Gasteiger partial charge in [0.05, 0.1) is 34.0 Å². The van der Waals surface area contributed by atoms with Crippen LogP contribution in [0.4, 0.5) is 15.9 Å². The lowest BCUT2D eigenvalue weighted by Gasteiger charge is -2.39. The van der Waals surface area contributed by atoms with Gasteiger partial charge in [-0.2, -0.15) is 5.26 Å². The number of nitrogens with one attached hydrogen (secondary N) is 2. The number of halogens is 1. The zero-order chi connectivity index (χ0) is 42.4. The molecule has 6 heterocycles. The van der Waals surface area contributed by atoms with E-state index in [-0.39, 0.29) is 53.4 Å². The number of amides is 5. The minimum absolute atomic E-state index is 0.0138. The van der Waals surface area contributed by atoms with Gasteiger partial charge in [-0.1, -0.05) is 0 Å². The molecule has 4 fully saturated rings. The lowest BCUT2D eigenvalue weighted by atomic mass is 9.92. The van der Waals surface area contributed by atoms with E-state index in [1.165, 1.54) is 6.07 Å². The molecule has 5 amide bonds. The Hall–Kier alpha value is -6.41. The van der Waals surface area contributed by atoms with Crippen molar-refractivity contribution in [1.82, 2.24) is 35.2 Å². The van der Waals surface area contributed by atoms with Gasteiger partial charge in [0.15, 0.2) is 11.5 Å². The van der Waals surface area contributed by atoms with Crippen molar-refractivity contribution in [1.29, 1.82) is 5.26 Å². The molecule has 2 N–H and O–H groups in total. The number of carbonyl (C=O) groups excluding carboxylic acids is 5. The summed E-state index contributed by atoms with van der Waals surface area (Å²) in [6, 6.07) is 12.9. The molecule has 3 saturated heterocycles. The fourth-order valence-electron chi connectivity index (χ4n) is 9.57. The van der Waals surface area contributed by atoms with E-state index in [4.69, 9.17) is 4.74 Å². The number of carbonyl (C=O) groups is 5. The summed E-state index contributed by atoms with van der Waals surface area (Å²) in [6.07, 6.45) is 7.12. The monoisotopic (exact) mass is 830 g/mol. The van der Waals surface area contributed by atoms with Crippen LogP contribution in [-0.2, 0) is 16.6 Å². The van der Waals surface area contributed by atoms with Gasteiger partial charge in [0.1, 0.15) is 23.7 Å². The van der Waals surface area contributed by atoms with Gasteiger partial charge in [-0.3, -0.25) is 39.1 Å². The number of hydrogen-bond donors (Lipinski definition) is 2. The summed E-state index contributed by atoms with van der Waals surface area (Å²) in [5.74, 6) is -1.37. The predicted molar refractivity (Wildman–Crippen MR) is 220 cm³/mol. The van der Waals surface area contributed by atoms with Crippen molar-refractivity contribution >= 4 is 51.9 Å². The Balaban J connectivity index is 0.709. The summed E-state index contributed by atoms with van der Waals surface area (Å²) >= 11 is 0. The number of rotatable bonds is 9. The molecule has 1 aliphatic carbocycles. The number of piperidine rings is 2. The van der Waals surface area contributed by atoms with Crippen LogP contribution >= 0.6 is 0 Å². The van der Waals surface area contributed by atoms with Crippen molar-refractivity contribution in [3.05, 3.63) is 76.9 Å². The number of anilines is 2. The number of piperazine rings is 1. The lowest BCUT2D eigenvalue weighted by Crippen LogP contribution is -2.54. The van der Waals surface area contributed by atoms with Crippen LogP contribution in [0, 0.1) is 23.1 Å². The second-order valence-electron chi connectivity index (χ2n) is 16.8. The maximum absolute atomic E-state index is 15.4. The standard InChI is InChI=1S/C44H47FN10O6/c1-51-15-14-30-37(9-2-27(24-46)40(30)51)61-29-5-3-28(4-6-29)47-41(57)34-7-10-38(50-49-34)54-16-12-26(13-17-54)25-52-18-20-53(21-19-52)36-23-32-31(22-33(36)45)43(59)55(44(32)60)35-8-11-39(56)48-42(35)58/h2,7,9-10,14-15,22-23,26,28-29,35H,3-6,8,11-13,16-21,25H2,1H3,(H,47,57)(H,48,56,58). The number of hydrogen-bond acceptors (Lipinski definition) is 12. The molecule has 4 aromatic rings. The smallest absolute Gasteiger partial charge is 0.272 e. The highest BCUT2D eigenvalue weighted by Crippen LogP contribution is 2.35. The highest BCUT2D eigenvalue weighted by Gasteiger charge is 2.45. The van der Waals surface area contributed by atoms with Crippen molar-refractivity contribution in [2.75, 3.05) is 55.6 Å². The number of nitrogens with zero attached hydrogens (tertiary/aromatic N) is 8. The number of fused-ring (bicyclic) bond motifs is 2. The van der Waals surface area contributed by atoms with Gasteiger partial charge in [0.25, 0.3) is 17.7 Å². The van der Waals surface area contributed by atoms with E-state index >= 15 is 4.39 Å². The molecule has 1 atom stereocenters. The average Bonchev–Trinajstić information content (AvgIpc) is 3.77. The van der Waals surface area contributed by atoms with E-state index in [0.717, 1.165) is 91.6 Å². The van der Waals surface area contributed by atoms with Crippen LogP contribution in [-0.4, -0.2) is 118 Å². The van der Waals surface area contributed by atoms with Crippen LogP contribution in [0.1, 0.15) is 88.1 Å². The molecular formula is C44H47FN10O6. The quantitative estimate of drug-likeness (QED) is 0.234. The summed E-state index contributed by atoms with van der Waals surface area (Å²) in [4.78, 5) is 70.9. The molecule has 0 radical (unpaired) electrons. The number of aryl methyl sites for hydroxylation is 1. The second kappa shape index (κ2) is 16.6. The maximum atomic E-state index is 15.4.